The van der Waals surface area contributed by atoms with Gasteiger partial charge in [0.2, 0.25) is 0 Å². The van der Waals surface area contributed by atoms with E-state index in [0.717, 1.165) is 30.9 Å². The van der Waals surface area contributed by atoms with Crippen molar-refractivity contribution in [2.45, 2.75) is 26.3 Å². The number of nitrogens with one attached hydrogen (secondary N) is 1. The second-order valence-corrected chi connectivity index (χ2v) is 5.17. The predicted molar refractivity (Wildman–Crippen MR) is 72.1 cm³/mol. The Morgan fingerprint density at radius 3 is 2.62 bits per heavy atom. The fourth-order valence-electron chi connectivity index (χ4n) is 2.04. The van der Waals surface area contributed by atoms with E-state index in [1.807, 2.05) is 12.1 Å². The fraction of sp³-hybridized carbons (Fsp3) is 0.500. The van der Waals surface area contributed by atoms with E-state index in [1.54, 1.807) is 0 Å². The van der Waals surface area contributed by atoms with Crippen molar-refractivity contribution in [1.29, 1.82) is 0 Å². The van der Waals surface area contributed by atoms with Crippen LogP contribution in [0.25, 0.3) is 0 Å². The second kappa shape index (κ2) is 4.72. The van der Waals surface area contributed by atoms with Crippen molar-refractivity contribution < 1.29 is 0 Å². The maximum atomic E-state index is 6.08. The minimum Gasteiger partial charge on any atom is -0.383 e. The lowest BCUT2D eigenvalue weighted by Crippen LogP contribution is -2.31. The molecule has 1 aromatic carbocycles. The number of rotatable bonds is 1. The maximum absolute atomic E-state index is 6.08. The summed E-state index contributed by atoms with van der Waals surface area (Å²) >= 11 is 12.1. The highest BCUT2D eigenvalue weighted by molar-refractivity contribution is 6.42. The number of halogens is 2. The Balaban J connectivity index is 2.48. The number of hydrogen-bond acceptors (Lipinski definition) is 2. The molecule has 2 rings (SSSR count). The molecule has 1 heterocycles. The summed E-state index contributed by atoms with van der Waals surface area (Å²) in [5.41, 5.74) is 2.24. The van der Waals surface area contributed by atoms with Crippen molar-refractivity contribution in [2.75, 3.05) is 23.3 Å². The first-order valence-corrected chi connectivity index (χ1v) is 6.34. The third-order valence-corrected chi connectivity index (χ3v) is 3.58. The highest BCUT2D eigenvalue weighted by Crippen LogP contribution is 2.36. The van der Waals surface area contributed by atoms with Crippen LogP contribution in [-0.4, -0.2) is 19.1 Å². The molecule has 0 unspecified atom stereocenters. The smallest absolute Gasteiger partial charge is 0.0620 e. The van der Waals surface area contributed by atoms with Crippen LogP contribution >= 0.6 is 23.2 Å². The van der Waals surface area contributed by atoms with E-state index in [2.05, 4.69) is 24.1 Å². The third-order valence-electron chi connectivity index (χ3n) is 2.86. The van der Waals surface area contributed by atoms with Gasteiger partial charge in [0.05, 0.1) is 21.4 Å². The van der Waals surface area contributed by atoms with Crippen LogP contribution in [0.1, 0.15) is 20.3 Å². The zero-order valence-corrected chi connectivity index (χ0v) is 11.1. The van der Waals surface area contributed by atoms with Crippen LogP contribution in [-0.2, 0) is 0 Å². The van der Waals surface area contributed by atoms with E-state index < -0.39 is 0 Å². The minimum atomic E-state index is 0.468. The third kappa shape index (κ3) is 2.23. The molecule has 1 N–H and O–H groups in total. The summed E-state index contributed by atoms with van der Waals surface area (Å²) in [6, 6.07) is 4.34. The second-order valence-electron chi connectivity index (χ2n) is 4.35. The maximum Gasteiger partial charge on any atom is 0.0620 e. The quantitative estimate of drug-likeness (QED) is 0.819. The number of fused-ring (bicyclic) bond motifs is 1. The van der Waals surface area contributed by atoms with Crippen LogP contribution in [0.4, 0.5) is 11.4 Å². The van der Waals surface area contributed by atoms with E-state index in [4.69, 9.17) is 23.2 Å². The SMILES string of the molecule is CC(C)N1CCCNc2cc(Cl)c(Cl)cc21. The van der Waals surface area contributed by atoms with Crippen molar-refractivity contribution in [3.05, 3.63) is 22.2 Å². The van der Waals surface area contributed by atoms with Gasteiger partial charge in [-0.05, 0) is 32.4 Å². The molecule has 0 atom stereocenters. The van der Waals surface area contributed by atoms with Gasteiger partial charge in [0.1, 0.15) is 0 Å². The Bertz CT molecular complexity index is 391. The average Bonchev–Trinajstić information content (AvgIpc) is 2.41. The van der Waals surface area contributed by atoms with E-state index in [0.29, 0.717) is 16.1 Å². The molecule has 2 nitrogen and oxygen atoms in total. The number of anilines is 2. The first-order chi connectivity index (χ1) is 7.59. The summed E-state index contributed by atoms with van der Waals surface area (Å²) in [5.74, 6) is 0. The van der Waals surface area contributed by atoms with Crippen molar-refractivity contribution in [1.82, 2.24) is 0 Å². The van der Waals surface area contributed by atoms with Gasteiger partial charge in [-0.25, -0.2) is 0 Å². The number of nitrogens with zero attached hydrogens (tertiary/aromatic N) is 1. The predicted octanol–water partition coefficient (Wildman–Crippen LogP) is 4.02. The zero-order valence-electron chi connectivity index (χ0n) is 9.56. The van der Waals surface area contributed by atoms with Gasteiger partial charge >= 0.3 is 0 Å². The Hall–Kier alpha value is -0.600. The average molecular weight is 259 g/mol. The van der Waals surface area contributed by atoms with Gasteiger partial charge in [-0.2, -0.15) is 0 Å². The Morgan fingerprint density at radius 1 is 1.25 bits per heavy atom. The molecule has 1 aliphatic heterocycles. The van der Waals surface area contributed by atoms with Crippen LogP contribution in [0.2, 0.25) is 10.0 Å². The summed E-state index contributed by atoms with van der Waals surface area (Å²) in [6.45, 7) is 6.42. The normalized spacial score (nSPS) is 15.7. The Morgan fingerprint density at radius 2 is 1.94 bits per heavy atom. The first-order valence-electron chi connectivity index (χ1n) is 5.59. The van der Waals surface area contributed by atoms with E-state index in [-0.39, 0.29) is 0 Å². The first kappa shape index (κ1) is 11.9. The van der Waals surface area contributed by atoms with Crippen molar-refractivity contribution >= 4 is 34.6 Å². The van der Waals surface area contributed by atoms with Crippen molar-refractivity contribution in [2.24, 2.45) is 0 Å². The highest BCUT2D eigenvalue weighted by atomic mass is 35.5. The topological polar surface area (TPSA) is 15.3 Å². The van der Waals surface area contributed by atoms with Gasteiger partial charge in [-0.1, -0.05) is 23.2 Å². The molecule has 88 valence electrons. The molecule has 0 aromatic heterocycles. The largest absolute Gasteiger partial charge is 0.383 e. The number of hydrogen-bond donors (Lipinski definition) is 1. The van der Waals surface area contributed by atoms with Crippen LogP contribution in [0, 0.1) is 0 Å². The molecule has 1 aliphatic rings. The zero-order chi connectivity index (χ0) is 11.7. The Kier molecular flexibility index (Phi) is 3.50. The van der Waals surface area contributed by atoms with Gasteiger partial charge in [0.15, 0.2) is 0 Å². The summed E-state index contributed by atoms with van der Waals surface area (Å²) in [4.78, 5) is 2.36. The van der Waals surface area contributed by atoms with Crippen molar-refractivity contribution in [3.8, 4) is 0 Å². The molecule has 4 heteroatoms. The van der Waals surface area contributed by atoms with Crippen LogP contribution in [0.15, 0.2) is 12.1 Å². The van der Waals surface area contributed by atoms with E-state index in [9.17, 15) is 0 Å². The molecule has 1 aromatic rings. The molecule has 0 bridgehead atoms. The highest BCUT2D eigenvalue weighted by Gasteiger charge is 2.18. The molecule has 0 radical (unpaired) electrons. The summed E-state index contributed by atoms with van der Waals surface area (Å²) in [5, 5.41) is 4.62. The van der Waals surface area contributed by atoms with Gasteiger partial charge < -0.3 is 10.2 Å². The lowest BCUT2D eigenvalue weighted by Gasteiger charge is -2.28. The summed E-state index contributed by atoms with van der Waals surface area (Å²) in [6.07, 6.45) is 1.13. The summed E-state index contributed by atoms with van der Waals surface area (Å²) < 4.78 is 0. The molecule has 0 aliphatic carbocycles. The molecule has 0 amide bonds. The monoisotopic (exact) mass is 258 g/mol. The lowest BCUT2D eigenvalue weighted by molar-refractivity contribution is 0.672. The van der Waals surface area contributed by atoms with Crippen LogP contribution in [0.3, 0.4) is 0 Å². The minimum absolute atomic E-state index is 0.468. The van der Waals surface area contributed by atoms with Gasteiger partial charge in [0, 0.05) is 19.1 Å². The Labute approximate surface area is 107 Å². The van der Waals surface area contributed by atoms with Gasteiger partial charge in [-0.15, -0.1) is 0 Å². The molecule has 0 spiro atoms. The number of benzene rings is 1. The van der Waals surface area contributed by atoms with Crippen molar-refractivity contribution in [3.63, 3.8) is 0 Å². The molecular weight excluding hydrogens is 243 g/mol. The van der Waals surface area contributed by atoms with Gasteiger partial charge in [0.25, 0.3) is 0 Å². The van der Waals surface area contributed by atoms with Crippen LogP contribution < -0.4 is 10.2 Å². The van der Waals surface area contributed by atoms with E-state index in [1.165, 1.54) is 0 Å². The van der Waals surface area contributed by atoms with Crippen LogP contribution in [0.5, 0.6) is 0 Å². The molecule has 16 heavy (non-hydrogen) atoms. The lowest BCUT2D eigenvalue weighted by atomic mass is 10.2. The summed E-state index contributed by atoms with van der Waals surface area (Å²) in [7, 11) is 0. The standard InChI is InChI=1S/C12H16Cl2N2/c1-8(2)16-5-3-4-15-11-6-9(13)10(14)7-12(11)16/h6-8,15H,3-5H2,1-2H3. The fourth-order valence-corrected chi connectivity index (χ4v) is 2.37. The molecular formula is C12H16Cl2N2. The van der Waals surface area contributed by atoms with E-state index >= 15 is 0 Å². The van der Waals surface area contributed by atoms with Gasteiger partial charge in [-0.3, -0.25) is 0 Å². The molecule has 0 fully saturated rings. The molecule has 0 saturated carbocycles. The molecule has 0 saturated heterocycles.